The molecule has 1 rings (SSSR count). The van der Waals surface area contributed by atoms with Crippen molar-refractivity contribution >= 4 is 11.8 Å². The summed E-state index contributed by atoms with van der Waals surface area (Å²) in [5.41, 5.74) is 5.21. The van der Waals surface area contributed by atoms with Crippen LogP contribution in [-0.2, 0) is 9.59 Å². The van der Waals surface area contributed by atoms with Crippen LogP contribution < -0.4 is 11.1 Å². The van der Waals surface area contributed by atoms with Crippen LogP contribution in [0.1, 0.15) is 40.0 Å². The van der Waals surface area contributed by atoms with Gasteiger partial charge in [-0.3, -0.25) is 9.59 Å². The van der Waals surface area contributed by atoms with Gasteiger partial charge in [0.15, 0.2) is 0 Å². The largest absolute Gasteiger partial charge is 0.368 e. The highest BCUT2D eigenvalue weighted by atomic mass is 16.2. The number of piperidine rings is 1. The number of nitrogens with two attached hydrogens (primary N) is 1. The minimum Gasteiger partial charge on any atom is -0.368 e. The van der Waals surface area contributed by atoms with E-state index in [1.165, 1.54) is 0 Å². The lowest BCUT2D eigenvalue weighted by Gasteiger charge is -2.33. The van der Waals surface area contributed by atoms with E-state index in [0.29, 0.717) is 18.5 Å². The molecule has 1 fully saturated rings. The van der Waals surface area contributed by atoms with E-state index < -0.39 is 5.91 Å². The third-order valence-corrected chi connectivity index (χ3v) is 3.16. The maximum absolute atomic E-state index is 12.4. The van der Waals surface area contributed by atoms with Crippen LogP contribution in [-0.4, -0.2) is 41.9 Å². The first-order chi connectivity index (χ1) is 8.40. The zero-order valence-corrected chi connectivity index (χ0v) is 11.6. The third-order valence-electron chi connectivity index (χ3n) is 3.16. The Morgan fingerprint density at radius 1 is 1.39 bits per heavy atom. The number of carbonyl (C=O) groups excluding carboxylic acids is 2. The molecule has 1 aliphatic heterocycles. The number of hydrogen-bond donors (Lipinski definition) is 2. The molecule has 18 heavy (non-hydrogen) atoms. The lowest BCUT2D eigenvalue weighted by atomic mass is 9.98. The monoisotopic (exact) mass is 255 g/mol. The molecule has 2 amide bonds. The van der Waals surface area contributed by atoms with Crippen molar-refractivity contribution in [2.24, 2.45) is 11.7 Å². The Hall–Kier alpha value is -1.10. The van der Waals surface area contributed by atoms with Crippen LogP contribution in [0.3, 0.4) is 0 Å². The molecule has 0 aromatic carbocycles. The summed E-state index contributed by atoms with van der Waals surface area (Å²) in [6.07, 6.45) is 3.00. The van der Waals surface area contributed by atoms with Crippen molar-refractivity contribution in [1.82, 2.24) is 10.2 Å². The Balaban J connectivity index is 2.64. The molecule has 1 saturated heterocycles. The van der Waals surface area contributed by atoms with Crippen molar-refractivity contribution in [3.8, 4) is 0 Å². The Kier molecular flexibility index (Phi) is 5.59. The molecule has 104 valence electrons. The molecule has 1 aliphatic rings. The zero-order chi connectivity index (χ0) is 13.7. The third kappa shape index (κ3) is 4.64. The Labute approximate surface area is 109 Å². The molecular formula is C13H25N3O2. The topological polar surface area (TPSA) is 75.4 Å². The Morgan fingerprint density at radius 3 is 2.56 bits per heavy atom. The zero-order valence-electron chi connectivity index (χ0n) is 11.6. The average molecular weight is 255 g/mol. The molecular weight excluding hydrogens is 230 g/mol. The summed E-state index contributed by atoms with van der Waals surface area (Å²) in [7, 11) is 0. The summed E-state index contributed by atoms with van der Waals surface area (Å²) in [6.45, 7) is 6.73. The summed E-state index contributed by atoms with van der Waals surface area (Å²) in [5.74, 6) is -0.115. The number of carbonyl (C=O) groups is 2. The molecule has 0 spiro atoms. The predicted octanol–water partition coefficient (Wildman–Crippen LogP) is 0.487. The van der Waals surface area contributed by atoms with Crippen molar-refractivity contribution in [2.45, 2.75) is 52.1 Å². The standard InChI is InChI=1S/C13H25N3O2/c1-9(2)7-16(8-12(14)17)13(18)11-6-4-5-10(3)15-11/h9-11,15H,4-8H2,1-3H3,(H2,14,17). The van der Waals surface area contributed by atoms with Gasteiger partial charge in [-0.1, -0.05) is 13.8 Å². The summed E-state index contributed by atoms with van der Waals surface area (Å²) >= 11 is 0. The first-order valence-electron chi connectivity index (χ1n) is 6.73. The Morgan fingerprint density at radius 2 is 2.06 bits per heavy atom. The molecule has 0 saturated carbocycles. The quantitative estimate of drug-likeness (QED) is 0.750. The van der Waals surface area contributed by atoms with Crippen LogP contribution in [0.15, 0.2) is 0 Å². The minimum absolute atomic E-state index is 0.00838. The van der Waals surface area contributed by atoms with Crippen LogP contribution in [0.4, 0.5) is 0 Å². The van der Waals surface area contributed by atoms with Gasteiger partial charge >= 0.3 is 0 Å². The average Bonchev–Trinajstić information content (AvgIpc) is 2.26. The van der Waals surface area contributed by atoms with E-state index in [9.17, 15) is 9.59 Å². The smallest absolute Gasteiger partial charge is 0.240 e. The first kappa shape index (κ1) is 15.0. The van der Waals surface area contributed by atoms with E-state index in [2.05, 4.69) is 12.2 Å². The molecule has 0 radical (unpaired) electrons. The number of rotatable bonds is 5. The lowest BCUT2D eigenvalue weighted by molar-refractivity contribution is -0.138. The maximum Gasteiger partial charge on any atom is 0.240 e. The molecule has 1 heterocycles. The van der Waals surface area contributed by atoms with Gasteiger partial charge in [-0.15, -0.1) is 0 Å². The number of amides is 2. The summed E-state index contributed by atoms with van der Waals surface area (Å²) in [5, 5.41) is 3.30. The van der Waals surface area contributed by atoms with Gasteiger partial charge in [0.25, 0.3) is 0 Å². The van der Waals surface area contributed by atoms with Crippen molar-refractivity contribution in [1.29, 1.82) is 0 Å². The van der Waals surface area contributed by atoms with Gasteiger partial charge in [-0.25, -0.2) is 0 Å². The minimum atomic E-state index is -0.451. The van der Waals surface area contributed by atoms with Crippen molar-refractivity contribution in [3.05, 3.63) is 0 Å². The lowest BCUT2D eigenvalue weighted by Crippen LogP contribution is -2.53. The van der Waals surface area contributed by atoms with E-state index in [1.807, 2.05) is 13.8 Å². The maximum atomic E-state index is 12.4. The van der Waals surface area contributed by atoms with E-state index in [-0.39, 0.29) is 18.5 Å². The fraction of sp³-hybridized carbons (Fsp3) is 0.846. The van der Waals surface area contributed by atoms with E-state index in [1.54, 1.807) is 4.90 Å². The summed E-state index contributed by atoms with van der Waals surface area (Å²) < 4.78 is 0. The fourth-order valence-electron chi connectivity index (χ4n) is 2.41. The van der Waals surface area contributed by atoms with Gasteiger partial charge in [0, 0.05) is 12.6 Å². The van der Waals surface area contributed by atoms with E-state index in [0.717, 1.165) is 19.3 Å². The Bertz CT molecular complexity index is 305. The van der Waals surface area contributed by atoms with Crippen LogP contribution in [0.25, 0.3) is 0 Å². The molecule has 5 nitrogen and oxygen atoms in total. The molecule has 0 aromatic rings. The van der Waals surface area contributed by atoms with E-state index in [4.69, 9.17) is 5.73 Å². The summed E-state index contributed by atoms with van der Waals surface area (Å²) in [4.78, 5) is 25.0. The second kappa shape index (κ2) is 6.73. The van der Waals surface area contributed by atoms with Gasteiger partial charge in [-0.05, 0) is 32.1 Å². The fourth-order valence-corrected chi connectivity index (χ4v) is 2.41. The van der Waals surface area contributed by atoms with Gasteiger partial charge < -0.3 is 16.0 Å². The highest BCUT2D eigenvalue weighted by molar-refractivity contribution is 5.87. The van der Waals surface area contributed by atoms with Crippen molar-refractivity contribution in [3.63, 3.8) is 0 Å². The molecule has 0 bridgehead atoms. The SMILES string of the molecule is CC(C)CN(CC(N)=O)C(=O)C1CCCC(C)N1. The molecule has 5 heteroatoms. The highest BCUT2D eigenvalue weighted by Crippen LogP contribution is 2.15. The number of primary amides is 1. The second-order valence-corrected chi connectivity index (χ2v) is 5.63. The number of nitrogens with zero attached hydrogens (tertiary/aromatic N) is 1. The van der Waals surface area contributed by atoms with Crippen LogP contribution in [0.5, 0.6) is 0 Å². The molecule has 0 aromatic heterocycles. The van der Waals surface area contributed by atoms with E-state index >= 15 is 0 Å². The molecule has 2 atom stereocenters. The van der Waals surface area contributed by atoms with Gasteiger partial charge in [0.1, 0.15) is 0 Å². The number of hydrogen-bond acceptors (Lipinski definition) is 3. The normalized spacial score (nSPS) is 24.0. The van der Waals surface area contributed by atoms with Crippen LogP contribution in [0, 0.1) is 5.92 Å². The van der Waals surface area contributed by atoms with Crippen molar-refractivity contribution < 1.29 is 9.59 Å². The van der Waals surface area contributed by atoms with Crippen LogP contribution >= 0.6 is 0 Å². The summed E-state index contributed by atoms with van der Waals surface area (Å²) in [6, 6.07) is 0.203. The molecule has 2 unspecified atom stereocenters. The number of nitrogens with one attached hydrogen (secondary N) is 1. The highest BCUT2D eigenvalue weighted by Gasteiger charge is 2.28. The molecule has 3 N–H and O–H groups in total. The van der Waals surface area contributed by atoms with Crippen LogP contribution in [0.2, 0.25) is 0 Å². The van der Waals surface area contributed by atoms with Gasteiger partial charge in [0.2, 0.25) is 11.8 Å². The van der Waals surface area contributed by atoms with Gasteiger partial charge in [0.05, 0.1) is 12.6 Å². The second-order valence-electron chi connectivity index (χ2n) is 5.63. The first-order valence-corrected chi connectivity index (χ1v) is 6.73. The van der Waals surface area contributed by atoms with Gasteiger partial charge in [-0.2, -0.15) is 0 Å². The predicted molar refractivity (Wildman–Crippen MR) is 70.8 cm³/mol. The molecule has 0 aliphatic carbocycles. The van der Waals surface area contributed by atoms with Crippen molar-refractivity contribution in [2.75, 3.05) is 13.1 Å².